The third-order valence-corrected chi connectivity index (χ3v) is 3.56. The van der Waals surface area contributed by atoms with Gasteiger partial charge >= 0.3 is 5.95 Å². The van der Waals surface area contributed by atoms with E-state index < -0.39 is 35.5 Å². The summed E-state index contributed by atoms with van der Waals surface area (Å²) >= 11 is 0. The summed E-state index contributed by atoms with van der Waals surface area (Å²) in [6.07, 6.45) is -0.561. The van der Waals surface area contributed by atoms with Crippen molar-refractivity contribution in [3.05, 3.63) is 22.5 Å². The zero-order valence-electron chi connectivity index (χ0n) is 14.3. The van der Waals surface area contributed by atoms with Gasteiger partial charge < -0.3 is 30.9 Å². The Bertz CT molecular complexity index is 579. The van der Waals surface area contributed by atoms with Crippen molar-refractivity contribution in [2.45, 2.75) is 45.9 Å². The molecule has 0 radical (unpaired) electrons. The van der Waals surface area contributed by atoms with Gasteiger partial charge in [-0.3, -0.25) is 4.84 Å². The lowest BCUT2D eigenvalue weighted by molar-refractivity contribution is -0.397. The number of oxime groups is 1. The van der Waals surface area contributed by atoms with E-state index >= 15 is 0 Å². The number of hydrogen-bond donors (Lipinski definition) is 4. The van der Waals surface area contributed by atoms with Crippen LogP contribution >= 0.6 is 0 Å². The first-order valence-corrected chi connectivity index (χ1v) is 7.63. The van der Waals surface area contributed by atoms with Crippen LogP contribution in [0.25, 0.3) is 0 Å². The number of hydroxylamine groups is 1. The van der Waals surface area contributed by atoms with Gasteiger partial charge in [-0.1, -0.05) is 17.1 Å². The van der Waals surface area contributed by atoms with E-state index in [1.807, 2.05) is 0 Å². The molecule has 0 aromatic carbocycles. The molecule has 1 heterocycles. The summed E-state index contributed by atoms with van der Waals surface area (Å²) < 4.78 is 6.49. The molecule has 0 spiro atoms. The van der Waals surface area contributed by atoms with Crippen LogP contribution in [0.3, 0.4) is 0 Å². The molecule has 0 amide bonds. The van der Waals surface area contributed by atoms with Crippen LogP contribution in [0.4, 0.5) is 5.95 Å². The average Bonchev–Trinajstić information content (AvgIpc) is 3.06. The fourth-order valence-electron chi connectivity index (χ4n) is 1.96. The maximum Gasteiger partial charge on any atom is 0.435 e. The summed E-state index contributed by atoms with van der Waals surface area (Å²) in [6, 6.07) is 0. The zero-order valence-corrected chi connectivity index (χ0v) is 14.3. The highest BCUT2D eigenvalue weighted by molar-refractivity contribution is 5.83. The quantitative estimate of drug-likeness (QED) is 0.143. The van der Waals surface area contributed by atoms with Crippen LogP contribution in [-0.4, -0.2) is 49.6 Å². The molecular formula is C13H24N6O6. The van der Waals surface area contributed by atoms with Crippen molar-refractivity contribution < 1.29 is 24.8 Å². The summed E-state index contributed by atoms with van der Waals surface area (Å²) in [5, 5.41) is 32.9. The molecular weight excluding hydrogens is 336 g/mol. The molecule has 0 aliphatic rings. The van der Waals surface area contributed by atoms with E-state index in [0.29, 0.717) is 12.3 Å². The van der Waals surface area contributed by atoms with Crippen LogP contribution in [0, 0.1) is 16.0 Å². The van der Waals surface area contributed by atoms with E-state index in [1.54, 1.807) is 20.8 Å². The number of aliphatic hydroxyl groups excluding tert-OH is 1. The van der Waals surface area contributed by atoms with Gasteiger partial charge in [0.05, 0.1) is 12.3 Å². The predicted molar refractivity (Wildman–Crippen MR) is 86.4 cm³/mol. The van der Waals surface area contributed by atoms with Crippen LogP contribution < -0.4 is 11.2 Å². The summed E-state index contributed by atoms with van der Waals surface area (Å²) in [4.78, 5) is 19.1. The van der Waals surface area contributed by atoms with Gasteiger partial charge in [0, 0.05) is 12.3 Å². The van der Waals surface area contributed by atoms with Gasteiger partial charge in [0.25, 0.3) is 0 Å². The minimum Gasteiger partial charge on any atom is -0.411 e. The Morgan fingerprint density at radius 2 is 2.32 bits per heavy atom. The summed E-state index contributed by atoms with van der Waals surface area (Å²) in [7, 11) is 0. The molecule has 1 aromatic heterocycles. The molecule has 4 unspecified atom stereocenters. The highest BCUT2D eigenvalue weighted by Gasteiger charge is 2.28. The summed E-state index contributed by atoms with van der Waals surface area (Å²) in [5.41, 5.74) is 8.76. The van der Waals surface area contributed by atoms with Crippen molar-refractivity contribution in [2.75, 3.05) is 6.61 Å². The number of aromatic nitrogens is 2. The van der Waals surface area contributed by atoms with Gasteiger partial charge in [0.2, 0.25) is 0 Å². The van der Waals surface area contributed by atoms with E-state index in [0.717, 1.165) is 0 Å². The minimum atomic E-state index is -1.36. The van der Waals surface area contributed by atoms with Crippen LogP contribution in [-0.2, 0) is 9.57 Å². The third kappa shape index (κ3) is 6.03. The lowest BCUT2D eigenvalue weighted by atomic mass is 10.1. The van der Waals surface area contributed by atoms with E-state index in [-0.39, 0.29) is 6.42 Å². The second-order valence-corrected chi connectivity index (χ2v) is 5.28. The van der Waals surface area contributed by atoms with Gasteiger partial charge in [-0.2, -0.15) is 5.48 Å². The van der Waals surface area contributed by atoms with Gasteiger partial charge in [0.15, 0.2) is 12.5 Å². The van der Waals surface area contributed by atoms with E-state index in [9.17, 15) is 15.2 Å². The predicted octanol–water partition coefficient (Wildman–Crippen LogP) is 0.327. The highest BCUT2D eigenvalue weighted by Crippen LogP contribution is 2.20. The second-order valence-electron chi connectivity index (χ2n) is 5.28. The van der Waals surface area contributed by atoms with E-state index in [4.69, 9.17) is 20.5 Å². The fourth-order valence-corrected chi connectivity index (χ4v) is 1.96. The van der Waals surface area contributed by atoms with Crippen LogP contribution in [0.5, 0.6) is 0 Å². The maximum absolute atomic E-state index is 11.0. The standard InChI is InChI=1S/C13H24N6O6/c1-4-24-17-10(18-6-5-15-13(18)19(22)23)7-11(20)25-12(14)8(2)9(3)16-21/h5-6,8,10-12,17,20-21H,4,7,14H2,1-3H3. The Morgan fingerprint density at radius 3 is 2.88 bits per heavy atom. The molecule has 4 atom stereocenters. The topological polar surface area (TPSA) is 170 Å². The normalized spacial score (nSPS) is 17.1. The number of aliphatic hydroxyl groups is 1. The minimum absolute atomic E-state index is 0.104. The smallest absolute Gasteiger partial charge is 0.411 e. The number of nitrogens with zero attached hydrogens (tertiary/aromatic N) is 4. The average molecular weight is 360 g/mol. The summed E-state index contributed by atoms with van der Waals surface area (Å²) in [6.45, 7) is 5.27. The monoisotopic (exact) mass is 360 g/mol. The first-order valence-electron chi connectivity index (χ1n) is 7.63. The SMILES string of the molecule is CCONC(CC(O)OC(N)C(C)C(C)=NO)n1ccnc1[N+](=O)[O-]. The first kappa shape index (κ1) is 20.9. The molecule has 0 aliphatic heterocycles. The van der Waals surface area contributed by atoms with Crippen LogP contribution in [0.2, 0.25) is 0 Å². The molecule has 0 saturated carbocycles. The molecule has 0 saturated heterocycles. The summed E-state index contributed by atoms with van der Waals surface area (Å²) in [5.74, 6) is -0.856. The molecule has 25 heavy (non-hydrogen) atoms. The number of imidazole rings is 1. The van der Waals surface area contributed by atoms with Gasteiger partial charge in [0.1, 0.15) is 18.6 Å². The van der Waals surface area contributed by atoms with Crippen molar-refractivity contribution in [3.8, 4) is 0 Å². The Kier molecular flexibility index (Phi) is 8.37. The number of nitrogens with one attached hydrogen (secondary N) is 1. The highest BCUT2D eigenvalue weighted by atomic mass is 16.7. The number of nitro groups is 1. The Hall–Kier alpha value is -2.12. The Morgan fingerprint density at radius 1 is 1.64 bits per heavy atom. The van der Waals surface area contributed by atoms with Crippen LogP contribution in [0.1, 0.15) is 33.4 Å². The van der Waals surface area contributed by atoms with Crippen molar-refractivity contribution in [1.82, 2.24) is 15.0 Å². The van der Waals surface area contributed by atoms with E-state index in [2.05, 4.69) is 15.6 Å². The molecule has 0 aliphatic carbocycles. The third-order valence-electron chi connectivity index (χ3n) is 3.56. The van der Waals surface area contributed by atoms with Crippen molar-refractivity contribution in [2.24, 2.45) is 16.8 Å². The zero-order chi connectivity index (χ0) is 19.0. The largest absolute Gasteiger partial charge is 0.435 e. The molecule has 0 bridgehead atoms. The lowest BCUT2D eigenvalue weighted by Gasteiger charge is -2.25. The molecule has 1 aromatic rings. The van der Waals surface area contributed by atoms with Crippen LogP contribution in [0.15, 0.2) is 17.5 Å². The number of hydrogen-bond acceptors (Lipinski definition) is 10. The number of nitrogens with two attached hydrogens (primary N) is 1. The first-order chi connectivity index (χ1) is 11.8. The maximum atomic E-state index is 11.0. The number of ether oxygens (including phenoxy) is 1. The second kappa shape index (κ2) is 10.0. The van der Waals surface area contributed by atoms with Crippen molar-refractivity contribution in [3.63, 3.8) is 0 Å². The van der Waals surface area contributed by atoms with Gasteiger partial charge in [-0.05, 0) is 18.8 Å². The van der Waals surface area contributed by atoms with Gasteiger partial charge in [-0.25, -0.2) is 4.57 Å². The number of rotatable bonds is 11. The fraction of sp³-hybridized carbons (Fsp3) is 0.692. The van der Waals surface area contributed by atoms with Crippen molar-refractivity contribution >= 4 is 11.7 Å². The lowest BCUT2D eigenvalue weighted by Crippen LogP contribution is -2.40. The van der Waals surface area contributed by atoms with Gasteiger partial charge in [-0.15, -0.1) is 0 Å². The molecule has 0 fully saturated rings. The van der Waals surface area contributed by atoms with E-state index in [1.165, 1.54) is 17.0 Å². The Labute approximate surface area is 144 Å². The Balaban J connectivity index is 2.81. The molecule has 12 heteroatoms. The molecule has 5 N–H and O–H groups in total. The molecule has 1 rings (SSSR count). The van der Waals surface area contributed by atoms with Crippen molar-refractivity contribution in [1.29, 1.82) is 0 Å². The molecule has 142 valence electrons. The molecule has 12 nitrogen and oxygen atoms in total.